The Kier molecular flexibility index (Phi) is 3.69. The molecule has 1 N–H and O–H groups in total. The third-order valence-corrected chi connectivity index (χ3v) is 5.07. The smallest absolute Gasteiger partial charge is 0.279 e. The Balaban J connectivity index is 2.00. The number of fused-ring (bicyclic) bond motifs is 3. The highest BCUT2D eigenvalue weighted by molar-refractivity contribution is 7.15. The number of nitrogens with one attached hydrogen (secondary N) is 1. The van der Waals surface area contributed by atoms with Crippen molar-refractivity contribution in [1.29, 1.82) is 0 Å². The average molecular weight is 357 g/mol. The Hall–Kier alpha value is -2.87. The van der Waals surface area contributed by atoms with E-state index in [0.717, 1.165) is 5.56 Å². The molecule has 4 rings (SSSR count). The molecule has 3 aromatic rings. The van der Waals surface area contributed by atoms with Crippen molar-refractivity contribution in [3.63, 3.8) is 0 Å². The Morgan fingerprint density at radius 3 is 2.88 bits per heavy atom. The van der Waals surface area contributed by atoms with Gasteiger partial charge < -0.3 is 14.8 Å². The maximum atomic E-state index is 12.7. The molecule has 1 aromatic carbocycles. The summed E-state index contributed by atoms with van der Waals surface area (Å²) in [6, 6.07) is 5.44. The molecule has 8 heteroatoms. The van der Waals surface area contributed by atoms with Crippen LogP contribution in [0.2, 0.25) is 0 Å². The van der Waals surface area contributed by atoms with Crippen LogP contribution in [0.25, 0.3) is 4.96 Å². The minimum Gasteiger partial charge on any atom is -0.493 e. The molecule has 0 unspecified atom stereocenters. The monoisotopic (exact) mass is 357 g/mol. The van der Waals surface area contributed by atoms with Gasteiger partial charge in [-0.2, -0.15) is 4.98 Å². The van der Waals surface area contributed by atoms with E-state index in [4.69, 9.17) is 9.47 Å². The van der Waals surface area contributed by atoms with E-state index in [1.807, 2.05) is 17.5 Å². The zero-order valence-electron chi connectivity index (χ0n) is 13.6. The number of hydrogen-bond donors (Lipinski definition) is 1. The highest BCUT2D eigenvalue weighted by atomic mass is 32.1. The molecule has 25 heavy (non-hydrogen) atoms. The van der Waals surface area contributed by atoms with Crippen LogP contribution < -0.4 is 20.3 Å². The van der Waals surface area contributed by atoms with Gasteiger partial charge in [-0.3, -0.25) is 14.0 Å². The lowest BCUT2D eigenvalue weighted by Gasteiger charge is -2.26. The molecule has 1 amide bonds. The maximum Gasteiger partial charge on any atom is 0.279 e. The van der Waals surface area contributed by atoms with Gasteiger partial charge in [-0.1, -0.05) is 12.1 Å². The van der Waals surface area contributed by atoms with Crippen molar-refractivity contribution in [3.05, 3.63) is 51.3 Å². The molecule has 1 aliphatic rings. The number of nitrogens with zero attached hydrogens (tertiary/aromatic N) is 2. The van der Waals surface area contributed by atoms with Gasteiger partial charge in [-0.15, -0.1) is 11.3 Å². The first-order valence-corrected chi connectivity index (χ1v) is 8.52. The molecule has 0 saturated heterocycles. The first kappa shape index (κ1) is 15.6. The summed E-state index contributed by atoms with van der Waals surface area (Å²) in [5.74, 6) is 0.934. The summed E-state index contributed by atoms with van der Waals surface area (Å²) < 4.78 is 12.6. The highest BCUT2D eigenvalue weighted by Gasteiger charge is 2.34. The number of aromatic nitrogens is 2. The van der Waals surface area contributed by atoms with Crippen molar-refractivity contribution < 1.29 is 14.3 Å². The third kappa shape index (κ3) is 2.37. The van der Waals surface area contributed by atoms with Gasteiger partial charge in [0.2, 0.25) is 5.91 Å². The molecule has 7 nitrogen and oxygen atoms in total. The SMILES string of the molecule is COc1cccc([C@H]2CC(=O)Nc3c2c(=O)nc2sccn32)c1OC. The van der Waals surface area contributed by atoms with Crippen LogP contribution in [-0.2, 0) is 4.79 Å². The quantitative estimate of drug-likeness (QED) is 0.777. The fraction of sp³-hybridized carbons (Fsp3) is 0.235. The fourth-order valence-corrected chi connectivity index (χ4v) is 3.97. The number of methoxy groups -OCH3 is 2. The summed E-state index contributed by atoms with van der Waals surface area (Å²) in [6.45, 7) is 0. The molecule has 128 valence electrons. The third-order valence-electron chi connectivity index (χ3n) is 4.32. The van der Waals surface area contributed by atoms with Crippen LogP contribution in [0.1, 0.15) is 23.5 Å². The number of ether oxygens (including phenoxy) is 2. The highest BCUT2D eigenvalue weighted by Crippen LogP contribution is 2.42. The molecule has 3 heterocycles. The van der Waals surface area contributed by atoms with Crippen LogP contribution in [0, 0.1) is 0 Å². The van der Waals surface area contributed by atoms with Gasteiger partial charge in [0.05, 0.1) is 19.8 Å². The number of para-hydroxylation sites is 1. The second-order valence-corrected chi connectivity index (χ2v) is 6.50. The van der Waals surface area contributed by atoms with Gasteiger partial charge in [0, 0.05) is 29.5 Å². The van der Waals surface area contributed by atoms with Crippen LogP contribution in [0.5, 0.6) is 11.5 Å². The van der Waals surface area contributed by atoms with E-state index in [2.05, 4.69) is 10.3 Å². The van der Waals surface area contributed by atoms with Crippen molar-refractivity contribution in [2.75, 3.05) is 19.5 Å². The first-order valence-electron chi connectivity index (χ1n) is 7.64. The van der Waals surface area contributed by atoms with Crippen molar-refractivity contribution in [2.45, 2.75) is 12.3 Å². The van der Waals surface area contributed by atoms with Gasteiger partial charge in [-0.05, 0) is 6.07 Å². The van der Waals surface area contributed by atoms with Gasteiger partial charge in [0.25, 0.3) is 5.56 Å². The van der Waals surface area contributed by atoms with E-state index in [9.17, 15) is 9.59 Å². The first-order chi connectivity index (χ1) is 12.1. The number of anilines is 1. The van der Waals surface area contributed by atoms with Crippen LogP contribution >= 0.6 is 11.3 Å². The number of hydrogen-bond acceptors (Lipinski definition) is 6. The molecule has 0 fully saturated rings. The van der Waals surface area contributed by atoms with Crippen LogP contribution in [0.3, 0.4) is 0 Å². The lowest BCUT2D eigenvalue weighted by molar-refractivity contribution is -0.116. The lowest BCUT2D eigenvalue weighted by Crippen LogP contribution is -2.32. The maximum absolute atomic E-state index is 12.7. The number of amides is 1. The second kappa shape index (κ2) is 5.89. The number of thiazole rings is 1. The van der Waals surface area contributed by atoms with E-state index < -0.39 is 5.92 Å². The normalized spacial score (nSPS) is 16.4. The predicted molar refractivity (Wildman–Crippen MR) is 94.0 cm³/mol. The van der Waals surface area contributed by atoms with Crippen LogP contribution in [-0.4, -0.2) is 29.5 Å². The van der Waals surface area contributed by atoms with E-state index >= 15 is 0 Å². The zero-order valence-corrected chi connectivity index (χ0v) is 14.4. The minimum absolute atomic E-state index is 0.143. The van der Waals surface area contributed by atoms with E-state index in [1.54, 1.807) is 30.9 Å². The fourth-order valence-electron chi connectivity index (χ4n) is 3.27. The van der Waals surface area contributed by atoms with Crippen LogP contribution in [0.4, 0.5) is 5.82 Å². The number of carbonyl (C=O) groups excluding carboxylic acids is 1. The lowest BCUT2D eigenvalue weighted by atomic mass is 9.86. The van der Waals surface area contributed by atoms with Crippen LogP contribution in [0.15, 0.2) is 34.6 Å². The molecule has 2 aromatic heterocycles. The standard InChI is InChI=1S/C17H15N3O4S/c1-23-11-5-3-4-9(14(11)24-2)10-8-12(21)18-15-13(10)16(22)19-17-20(15)6-7-25-17/h3-7,10H,8H2,1-2H3,(H,18,21)/t10-/m1/s1. The molecule has 0 aliphatic carbocycles. The summed E-state index contributed by atoms with van der Waals surface area (Å²) in [5.41, 5.74) is 0.849. The summed E-state index contributed by atoms with van der Waals surface area (Å²) in [4.78, 5) is 29.7. The Labute approximate surface area is 146 Å². The van der Waals surface area contributed by atoms with Gasteiger partial charge in [0.15, 0.2) is 16.5 Å². The van der Waals surface area contributed by atoms with Crippen molar-refractivity contribution >= 4 is 28.0 Å². The van der Waals surface area contributed by atoms with E-state index in [1.165, 1.54) is 11.3 Å². The molecular formula is C17H15N3O4S. The topological polar surface area (TPSA) is 81.9 Å². The minimum atomic E-state index is -0.453. The van der Waals surface area contributed by atoms with E-state index in [0.29, 0.717) is 27.8 Å². The summed E-state index contributed by atoms with van der Waals surface area (Å²) in [5, 5.41) is 4.64. The summed E-state index contributed by atoms with van der Waals surface area (Å²) in [7, 11) is 3.09. The molecule has 1 atom stereocenters. The van der Waals surface area contributed by atoms with Crippen molar-refractivity contribution in [1.82, 2.24) is 9.38 Å². The van der Waals surface area contributed by atoms with E-state index in [-0.39, 0.29) is 17.9 Å². The Bertz CT molecular complexity index is 1040. The number of rotatable bonds is 3. The van der Waals surface area contributed by atoms with Crippen molar-refractivity contribution in [3.8, 4) is 11.5 Å². The van der Waals surface area contributed by atoms with Gasteiger partial charge in [0.1, 0.15) is 5.82 Å². The molecular weight excluding hydrogens is 342 g/mol. The Morgan fingerprint density at radius 1 is 1.28 bits per heavy atom. The zero-order chi connectivity index (χ0) is 17.6. The second-order valence-electron chi connectivity index (χ2n) is 5.62. The predicted octanol–water partition coefficient (Wildman–Crippen LogP) is 2.25. The van der Waals surface area contributed by atoms with Crippen molar-refractivity contribution in [2.24, 2.45) is 0 Å². The van der Waals surface area contributed by atoms with Gasteiger partial charge in [-0.25, -0.2) is 0 Å². The number of benzene rings is 1. The molecule has 0 bridgehead atoms. The van der Waals surface area contributed by atoms with Gasteiger partial charge >= 0.3 is 0 Å². The largest absolute Gasteiger partial charge is 0.493 e. The number of carbonyl (C=O) groups is 1. The summed E-state index contributed by atoms with van der Waals surface area (Å²) >= 11 is 1.34. The summed E-state index contributed by atoms with van der Waals surface area (Å²) in [6.07, 6.45) is 1.93. The Morgan fingerprint density at radius 2 is 2.12 bits per heavy atom. The molecule has 1 aliphatic heterocycles. The molecule has 0 saturated carbocycles. The molecule has 0 radical (unpaired) electrons. The average Bonchev–Trinajstić information content (AvgIpc) is 3.08. The molecule has 0 spiro atoms.